The zero-order chi connectivity index (χ0) is 12.1. The van der Waals surface area contributed by atoms with Crippen LogP contribution in [-0.2, 0) is 10.8 Å². The van der Waals surface area contributed by atoms with Gasteiger partial charge < -0.3 is 9.73 Å². The SMILES string of the molecule is CC(CCNC(=O)c1ccoc1Cl)S(C)=O. The van der Waals surface area contributed by atoms with Gasteiger partial charge in [-0.1, -0.05) is 6.92 Å². The molecule has 90 valence electrons. The second kappa shape index (κ2) is 6.06. The van der Waals surface area contributed by atoms with E-state index in [-0.39, 0.29) is 16.4 Å². The maximum atomic E-state index is 11.5. The van der Waals surface area contributed by atoms with Gasteiger partial charge in [0.05, 0.1) is 11.8 Å². The van der Waals surface area contributed by atoms with Crippen LogP contribution in [0.3, 0.4) is 0 Å². The van der Waals surface area contributed by atoms with Gasteiger partial charge in [0.1, 0.15) is 0 Å². The van der Waals surface area contributed by atoms with Gasteiger partial charge in [0, 0.05) is 28.9 Å². The molecule has 1 N–H and O–H groups in total. The van der Waals surface area contributed by atoms with Gasteiger partial charge in [-0.3, -0.25) is 9.00 Å². The molecule has 0 aliphatic heterocycles. The summed E-state index contributed by atoms with van der Waals surface area (Å²) in [4.78, 5) is 11.5. The summed E-state index contributed by atoms with van der Waals surface area (Å²) in [7, 11) is -0.862. The van der Waals surface area contributed by atoms with Crippen LogP contribution in [0, 0.1) is 0 Å². The van der Waals surface area contributed by atoms with E-state index in [1.807, 2.05) is 6.92 Å². The van der Waals surface area contributed by atoms with Gasteiger partial charge in [-0.25, -0.2) is 0 Å². The predicted octanol–water partition coefficient (Wildman–Crippen LogP) is 1.82. The number of hydrogen-bond donors (Lipinski definition) is 1. The highest BCUT2D eigenvalue weighted by atomic mass is 35.5. The fourth-order valence-corrected chi connectivity index (χ4v) is 1.76. The number of rotatable bonds is 5. The van der Waals surface area contributed by atoms with E-state index < -0.39 is 10.8 Å². The number of carbonyl (C=O) groups is 1. The van der Waals surface area contributed by atoms with E-state index in [2.05, 4.69) is 5.32 Å². The molecule has 0 bridgehead atoms. The molecule has 2 unspecified atom stereocenters. The van der Waals surface area contributed by atoms with Crippen molar-refractivity contribution in [2.45, 2.75) is 18.6 Å². The molecule has 6 heteroatoms. The Morgan fingerprint density at radius 2 is 2.38 bits per heavy atom. The van der Waals surface area contributed by atoms with Gasteiger partial charge in [-0.05, 0) is 24.1 Å². The Kier molecular flexibility index (Phi) is 5.02. The van der Waals surface area contributed by atoms with Crippen molar-refractivity contribution in [2.24, 2.45) is 0 Å². The van der Waals surface area contributed by atoms with Gasteiger partial charge in [-0.15, -0.1) is 0 Å². The van der Waals surface area contributed by atoms with Crippen LogP contribution in [0.5, 0.6) is 0 Å². The molecule has 1 heterocycles. The van der Waals surface area contributed by atoms with Gasteiger partial charge >= 0.3 is 0 Å². The van der Waals surface area contributed by atoms with Gasteiger partial charge in [0.25, 0.3) is 5.91 Å². The molecule has 0 saturated heterocycles. The van der Waals surface area contributed by atoms with Crippen molar-refractivity contribution in [3.8, 4) is 0 Å². The predicted molar refractivity (Wildman–Crippen MR) is 64.2 cm³/mol. The number of hydrogen-bond acceptors (Lipinski definition) is 3. The number of carbonyl (C=O) groups excluding carboxylic acids is 1. The number of furan rings is 1. The van der Waals surface area contributed by atoms with Crippen molar-refractivity contribution in [3.63, 3.8) is 0 Å². The third-order valence-corrected chi connectivity index (χ3v) is 3.93. The van der Waals surface area contributed by atoms with Crippen molar-refractivity contribution in [1.82, 2.24) is 5.32 Å². The van der Waals surface area contributed by atoms with E-state index in [9.17, 15) is 9.00 Å². The smallest absolute Gasteiger partial charge is 0.256 e. The molecular formula is C10H14ClNO3S. The Hall–Kier alpha value is -0.810. The maximum Gasteiger partial charge on any atom is 0.256 e. The van der Waals surface area contributed by atoms with E-state index in [4.69, 9.17) is 16.0 Å². The van der Waals surface area contributed by atoms with Crippen molar-refractivity contribution in [3.05, 3.63) is 23.1 Å². The van der Waals surface area contributed by atoms with E-state index >= 15 is 0 Å². The Bertz CT molecular complexity index is 391. The van der Waals surface area contributed by atoms with Crippen LogP contribution in [0.4, 0.5) is 0 Å². The van der Waals surface area contributed by atoms with Crippen molar-refractivity contribution in [1.29, 1.82) is 0 Å². The highest BCUT2D eigenvalue weighted by molar-refractivity contribution is 7.84. The third kappa shape index (κ3) is 3.64. The van der Waals surface area contributed by atoms with Crippen LogP contribution in [-0.4, -0.2) is 28.2 Å². The molecule has 4 nitrogen and oxygen atoms in total. The molecule has 1 amide bonds. The van der Waals surface area contributed by atoms with Crippen molar-refractivity contribution >= 4 is 28.3 Å². The average molecular weight is 264 g/mol. The summed E-state index contributed by atoms with van der Waals surface area (Å²) in [5, 5.41) is 2.85. The zero-order valence-corrected chi connectivity index (χ0v) is 10.7. The normalized spacial score (nSPS) is 14.4. The first-order chi connectivity index (χ1) is 7.52. The van der Waals surface area contributed by atoms with Gasteiger partial charge in [0.2, 0.25) is 5.22 Å². The number of amides is 1. The third-order valence-electron chi connectivity index (χ3n) is 2.27. The Morgan fingerprint density at radius 1 is 1.69 bits per heavy atom. The zero-order valence-electron chi connectivity index (χ0n) is 9.16. The first-order valence-corrected chi connectivity index (χ1v) is 6.85. The minimum absolute atomic E-state index is 0.0696. The molecule has 0 spiro atoms. The summed E-state index contributed by atoms with van der Waals surface area (Å²) in [6.45, 7) is 2.36. The number of halogens is 1. The van der Waals surface area contributed by atoms with E-state index in [0.29, 0.717) is 18.5 Å². The minimum Gasteiger partial charge on any atom is -0.452 e. The highest BCUT2D eigenvalue weighted by Crippen LogP contribution is 2.16. The summed E-state index contributed by atoms with van der Waals surface area (Å²) in [5.74, 6) is -0.271. The fourth-order valence-electron chi connectivity index (χ4n) is 1.11. The van der Waals surface area contributed by atoms with Crippen molar-refractivity contribution in [2.75, 3.05) is 12.8 Å². The lowest BCUT2D eigenvalue weighted by molar-refractivity contribution is 0.0953. The quantitative estimate of drug-likeness (QED) is 0.882. The lowest BCUT2D eigenvalue weighted by Crippen LogP contribution is -2.27. The molecule has 16 heavy (non-hydrogen) atoms. The Labute approximate surface area is 102 Å². The second-order valence-electron chi connectivity index (χ2n) is 3.46. The first kappa shape index (κ1) is 13.3. The molecule has 2 atom stereocenters. The number of nitrogens with one attached hydrogen (secondary N) is 1. The van der Waals surface area contributed by atoms with Crippen LogP contribution in [0.25, 0.3) is 0 Å². The molecule has 0 fully saturated rings. The summed E-state index contributed by atoms with van der Waals surface area (Å²) in [5.41, 5.74) is 0.326. The van der Waals surface area contributed by atoms with E-state index in [0.717, 1.165) is 0 Å². The highest BCUT2D eigenvalue weighted by Gasteiger charge is 2.13. The molecule has 0 radical (unpaired) electrons. The molecule has 1 rings (SSSR count). The van der Waals surface area contributed by atoms with Crippen LogP contribution in [0.1, 0.15) is 23.7 Å². The monoisotopic (exact) mass is 263 g/mol. The molecular weight excluding hydrogens is 250 g/mol. The first-order valence-electron chi connectivity index (χ1n) is 4.85. The van der Waals surface area contributed by atoms with Crippen LogP contribution >= 0.6 is 11.6 Å². The minimum atomic E-state index is -0.862. The molecule has 1 aromatic rings. The lowest BCUT2D eigenvalue weighted by Gasteiger charge is -2.08. The van der Waals surface area contributed by atoms with Crippen LogP contribution < -0.4 is 5.32 Å². The fraction of sp³-hybridized carbons (Fsp3) is 0.500. The summed E-state index contributed by atoms with van der Waals surface area (Å²) in [6.07, 6.45) is 3.69. The summed E-state index contributed by atoms with van der Waals surface area (Å²) >= 11 is 5.65. The standard InChI is InChI=1S/C10H14ClNO3S/c1-7(16(2)14)3-5-12-10(13)8-4-6-15-9(8)11/h4,6-7H,3,5H2,1-2H3,(H,12,13). The van der Waals surface area contributed by atoms with Crippen molar-refractivity contribution < 1.29 is 13.4 Å². The van der Waals surface area contributed by atoms with E-state index in [1.165, 1.54) is 12.3 Å². The van der Waals surface area contributed by atoms with Gasteiger partial charge in [-0.2, -0.15) is 0 Å². The van der Waals surface area contributed by atoms with Crippen LogP contribution in [0.2, 0.25) is 5.22 Å². The Morgan fingerprint density at radius 3 is 2.88 bits per heavy atom. The average Bonchev–Trinajstić information content (AvgIpc) is 2.64. The molecule has 0 aliphatic rings. The van der Waals surface area contributed by atoms with Gasteiger partial charge in [0.15, 0.2) is 0 Å². The lowest BCUT2D eigenvalue weighted by atomic mass is 10.3. The van der Waals surface area contributed by atoms with E-state index in [1.54, 1.807) is 6.26 Å². The summed E-state index contributed by atoms with van der Waals surface area (Å²) < 4.78 is 15.9. The summed E-state index contributed by atoms with van der Waals surface area (Å²) in [6, 6.07) is 1.51. The Balaban J connectivity index is 2.37. The largest absolute Gasteiger partial charge is 0.452 e. The maximum absolute atomic E-state index is 11.5. The molecule has 1 aromatic heterocycles. The molecule has 0 aliphatic carbocycles. The molecule has 0 saturated carbocycles. The second-order valence-corrected chi connectivity index (χ2v) is 5.61. The van der Waals surface area contributed by atoms with Crippen LogP contribution in [0.15, 0.2) is 16.7 Å². The topological polar surface area (TPSA) is 59.3 Å². The molecule has 0 aromatic carbocycles.